The molecule has 0 saturated carbocycles. The largest absolute Gasteiger partial charge is 0.357 e. The molecule has 0 unspecified atom stereocenters. The monoisotopic (exact) mass is 335 g/mol. The molecule has 1 saturated heterocycles. The number of carbonyl (C=O) groups is 2. The molecule has 5 nitrogen and oxygen atoms in total. The Bertz CT molecular complexity index is 725. The van der Waals surface area contributed by atoms with Gasteiger partial charge in [0.25, 0.3) is 11.8 Å². The molecule has 0 atom stereocenters. The molecular formula is C16H15ClFN3O2. The van der Waals surface area contributed by atoms with E-state index in [-0.39, 0.29) is 16.8 Å². The fourth-order valence-electron chi connectivity index (χ4n) is 2.56. The maximum atomic E-state index is 13.2. The van der Waals surface area contributed by atoms with Crippen molar-refractivity contribution in [2.75, 3.05) is 26.2 Å². The van der Waals surface area contributed by atoms with E-state index >= 15 is 0 Å². The lowest BCUT2D eigenvalue weighted by Crippen LogP contribution is -2.50. The Morgan fingerprint density at radius 1 is 1.04 bits per heavy atom. The van der Waals surface area contributed by atoms with Crippen LogP contribution in [0.15, 0.2) is 36.5 Å². The van der Waals surface area contributed by atoms with Gasteiger partial charge in [0.1, 0.15) is 11.5 Å². The summed E-state index contributed by atoms with van der Waals surface area (Å²) in [7, 11) is 0. The predicted octanol–water partition coefficient (Wildman–Crippen LogP) is 2.41. The normalized spacial score (nSPS) is 14.9. The summed E-state index contributed by atoms with van der Waals surface area (Å²) in [4.78, 5) is 30.9. The van der Waals surface area contributed by atoms with Gasteiger partial charge < -0.3 is 14.8 Å². The van der Waals surface area contributed by atoms with Crippen LogP contribution < -0.4 is 0 Å². The fraction of sp³-hybridized carbons (Fsp3) is 0.250. The molecule has 2 aromatic rings. The molecular weight excluding hydrogens is 321 g/mol. The van der Waals surface area contributed by atoms with E-state index in [0.29, 0.717) is 37.4 Å². The van der Waals surface area contributed by atoms with Crippen molar-refractivity contribution in [3.8, 4) is 0 Å². The van der Waals surface area contributed by atoms with Crippen molar-refractivity contribution in [3.63, 3.8) is 0 Å². The maximum absolute atomic E-state index is 13.2. The molecule has 1 aromatic heterocycles. The number of hydrogen-bond acceptors (Lipinski definition) is 2. The highest BCUT2D eigenvalue weighted by Crippen LogP contribution is 2.18. The number of hydrogen-bond donors (Lipinski definition) is 1. The second kappa shape index (κ2) is 6.42. The Kier molecular flexibility index (Phi) is 4.34. The van der Waals surface area contributed by atoms with Gasteiger partial charge in [0, 0.05) is 37.9 Å². The van der Waals surface area contributed by atoms with E-state index < -0.39 is 5.82 Å². The van der Waals surface area contributed by atoms with Gasteiger partial charge in [-0.15, -0.1) is 0 Å². The summed E-state index contributed by atoms with van der Waals surface area (Å²) in [5, 5.41) is -0.0728. The molecule has 1 aliphatic heterocycles. The molecule has 0 aliphatic carbocycles. The summed E-state index contributed by atoms with van der Waals surface area (Å²) < 4.78 is 13.2. The molecule has 23 heavy (non-hydrogen) atoms. The van der Waals surface area contributed by atoms with Crippen LogP contribution in [0.2, 0.25) is 5.02 Å². The second-order valence-corrected chi connectivity index (χ2v) is 5.70. The van der Waals surface area contributed by atoms with Gasteiger partial charge in [-0.1, -0.05) is 11.6 Å². The van der Waals surface area contributed by atoms with Gasteiger partial charge in [0.2, 0.25) is 0 Å². The number of piperazine rings is 1. The van der Waals surface area contributed by atoms with Crippen molar-refractivity contribution >= 4 is 23.4 Å². The standard InChI is InChI=1S/C16H15ClFN3O2/c17-12-10-11(3-4-13(12)18)15(22)20-6-8-21(9-7-20)16(23)14-2-1-5-19-14/h1-5,10,19H,6-9H2. The summed E-state index contributed by atoms with van der Waals surface area (Å²) >= 11 is 5.72. The zero-order chi connectivity index (χ0) is 16.4. The third-order valence-electron chi connectivity index (χ3n) is 3.85. The van der Waals surface area contributed by atoms with Crippen LogP contribution in [0.5, 0.6) is 0 Å². The zero-order valence-corrected chi connectivity index (χ0v) is 13.0. The lowest BCUT2D eigenvalue weighted by atomic mass is 10.1. The topological polar surface area (TPSA) is 56.4 Å². The summed E-state index contributed by atoms with van der Waals surface area (Å²) in [6.07, 6.45) is 1.70. The minimum absolute atomic E-state index is 0.0728. The first kappa shape index (κ1) is 15.6. The van der Waals surface area contributed by atoms with Crippen LogP contribution in [0, 0.1) is 5.82 Å². The molecule has 2 heterocycles. The molecule has 0 spiro atoms. The number of rotatable bonds is 2. The number of aromatic amines is 1. The van der Waals surface area contributed by atoms with E-state index in [1.807, 2.05) is 0 Å². The average Bonchev–Trinajstić information content (AvgIpc) is 3.11. The van der Waals surface area contributed by atoms with Crippen LogP contribution in [0.25, 0.3) is 0 Å². The Labute approximate surface area is 137 Å². The molecule has 2 amide bonds. The van der Waals surface area contributed by atoms with E-state index in [1.54, 1.807) is 28.1 Å². The highest BCUT2D eigenvalue weighted by Gasteiger charge is 2.26. The van der Waals surface area contributed by atoms with Gasteiger partial charge in [0.15, 0.2) is 0 Å². The van der Waals surface area contributed by atoms with Crippen LogP contribution in [0.4, 0.5) is 4.39 Å². The van der Waals surface area contributed by atoms with Crippen molar-refractivity contribution in [3.05, 3.63) is 58.6 Å². The molecule has 1 N–H and O–H groups in total. The summed E-state index contributed by atoms with van der Waals surface area (Å²) in [5.74, 6) is -0.838. The molecule has 120 valence electrons. The first-order valence-corrected chi connectivity index (χ1v) is 7.61. The average molecular weight is 336 g/mol. The van der Waals surface area contributed by atoms with Gasteiger partial charge in [-0.3, -0.25) is 9.59 Å². The van der Waals surface area contributed by atoms with Gasteiger partial charge >= 0.3 is 0 Å². The first-order chi connectivity index (χ1) is 11.1. The fourth-order valence-corrected chi connectivity index (χ4v) is 2.74. The summed E-state index contributed by atoms with van der Waals surface area (Å²) in [6, 6.07) is 7.42. The van der Waals surface area contributed by atoms with Crippen molar-refractivity contribution < 1.29 is 14.0 Å². The number of H-pyrrole nitrogens is 1. The van der Waals surface area contributed by atoms with E-state index in [4.69, 9.17) is 11.6 Å². The Morgan fingerprint density at radius 3 is 2.26 bits per heavy atom. The number of halogens is 2. The minimum Gasteiger partial charge on any atom is -0.357 e. The van der Waals surface area contributed by atoms with Crippen LogP contribution in [-0.2, 0) is 0 Å². The van der Waals surface area contributed by atoms with E-state index in [1.165, 1.54) is 18.2 Å². The third-order valence-corrected chi connectivity index (χ3v) is 4.14. The highest BCUT2D eigenvalue weighted by atomic mass is 35.5. The lowest BCUT2D eigenvalue weighted by molar-refractivity contribution is 0.0532. The van der Waals surface area contributed by atoms with E-state index in [0.717, 1.165) is 0 Å². The molecule has 1 fully saturated rings. The van der Waals surface area contributed by atoms with E-state index in [2.05, 4.69) is 4.98 Å². The molecule has 1 aliphatic rings. The van der Waals surface area contributed by atoms with Gasteiger partial charge in [-0.2, -0.15) is 0 Å². The number of benzene rings is 1. The molecule has 1 aromatic carbocycles. The maximum Gasteiger partial charge on any atom is 0.270 e. The number of nitrogens with one attached hydrogen (secondary N) is 1. The highest BCUT2D eigenvalue weighted by molar-refractivity contribution is 6.31. The lowest BCUT2D eigenvalue weighted by Gasteiger charge is -2.34. The van der Waals surface area contributed by atoms with Crippen molar-refractivity contribution in [2.45, 2.75) is 0 Å². The Hall–Kier alpha value is -2.34. The second-order valence-electron chi connectivity index (χ2n) is 5.30. The molecule has 7 heteroatoms. The van der Waals surface area contributed by atoms with Crippen LogP contribution in [-0.4, -0.2) is 52.8 Å². The smallest absolute Gasteiger partial charge is 0.270 e. The number of amides is 2. The van der Waals surface area contributed by atoms with E-state index in [9.17, 15) is 14.0 Å². The molecule has 0 bridgehead atoms. The number of aromatic nitrogens is 1. The number of nitrogens with zero attached hydrogens (tertiary/aromatic N) is 2. The van der Waals surface area contributed by atoms with Gasteiger partial charge in [-0.05, 0) is 30.3 Å². The Balaban J connectivity index is 1.63. The van der Waals surface area contributed by atoms with Crippen LogP contribution in [0.1, 0.15) is 20.8 Å². The van der Waals surface area contributed by atoms with Crippen molar-refractivity contribution in [2.24, 2.45) is 0 Å². The zero-order valence-electron chi connectivity index (χ0n) is 12.3. The summed E-state index contributed by atoms with van der Waals surface area (Å²) in [6.45, 7) is 1.78. The number of carbonyl (C=O) groups excluding carboxylic acids is 2. The third kappa shape index (κ3) is 3.22. The SMILES string of the molecule is O=C(c1ccc(F)c(Cl)c1)N1CCN(C(=O)c2ccc[nH]2)CC1. The quantitative estimate of drug-likeness (QED) is 0.916. The van der Waals surface area contributed by atoms with Crippen LogP contribution in [0.3, 0.4) is 0 Å². The molecule has 3 rings (SSSR count). The molecule has 0 radical (unpaired) electrons. The van der Waals surface area contributed by atoms with Crippen LogP contribution >= 0.6 is 11.6 Å². The predicted molar refractivity (Wildman–Crippen MR) is 84.0 cm³/mol. The minimum atomic E-state index is -0.551. The van der Waals surface area contributed by atoms with Crippen molar-refractivity contribution in [1.82, 2.24) is 14.8 Å². The summed E-state index contributed by atoms with van der Waals surface area (Å²) in [5.41, 5.74) is 0.885. The Morgan fingerprint density at radius 2 is 1.70 bits per heavy atom. The van der Waals surface area contributed by atoms with Gasteiger partial charge in [0.05, 0.1) is 5.02 Å². The van der Waals surface area contributed by atoms with Crippen molar-refractivity contribution in [1.29, 1.82) is 0 Å². The van der Waals surface area contributed by atoms with Gasteiger partial charge in [-0.25, -0.2) is 4.39 Å². The first-order valence-electron chi connectivity index (χ1n) is 7.23.